The van der Waals surface area contributed by atoms with E-state index >= 15 is 0 Å². The maximum atomic E-state index is 10.6. The van der Waals surface area contributed by atoms with Crippen LogP contribution in [0.3, 0.4) is 0 Å². The van der Waals surface area contributed by atoms with Crippen molar-refractivity contribution in [1.29, 1.82) is 0 Å². The summed E-state index contributed by atoms with van der Waals surface area (Å²) < 4.78 is 0. The van der Waals surface area contributed by atoms with Crippen molar-refractivity contribution in [2.75, 3.05) is 7.05 Å². The molecule has 0 aliphatic carbocycles. The second-order valence-electron chi connectivity index (χ2n) is 2.06. The van der Waals surface area contributed by atoms with Crippen LogP contribution in [0, 0.1) is 0 Å². The Morgan fingerprint density at radius 1 is 1.22 bits per heavy atom. The van der Waals surface area contributed by atoms with Gasteiger partial charge in [0.15, 0.2) is 5.78 Å². The minimum atomic E-state index is 0.127. The fraction of sp³-hybridized carbons (Fsp3) is 0.571. The van der Waals surface area contributed by atoms with Gasteiger partial charge in [0, 0.05) is 18.3 Å². The van der Waals surface area contributed by atoms with Crippen LogP contribution in [-0.2, 0) is 4.79 Å². The molecule has 0 heterocycles. The summed E-state index contributed by atoms with van der Waals surface area (Å²) in [4.78, 5) is 10.6. The third kappa shape index (κ3) is 2.31. The molecular formula is C7H13NO. The van der Waals surface area contributed by atoms with Gasteiger partial charge in [-0.15, -0.1) is 0 Å². The first-order chi connectivity index (χ1) is 4.09. The molecule has 1 N–H and O–H groups in total. The summed E-state index contributed by atoms with van der Waals surface area (Å²) in [5.41, 5.74) is 1.75. The van der Waals surface area contributed by atoms with Crippen LogP contribution >= 0.6 is 0 Å². The Balaban J connectivity index is 4.28. The number of allylic oxidation sites excluding steroid dienone is 2. The molecule has 9 heavy (non-hydrogen) atoms. The second kappa shape index (κ2) is 3.28. The van der Waals surface area contributed by atoms with Gasteiger partial charge in [-0.3, -0.25) is 4.79 Å². The van der Waals surface area contributed by atoms with Crippen LogP contribution in [0.5, 0.6) is 0 Å². The number of Topliss-reactive ketones (excluding diaryl/α,β-unsaturated/α-hetero) is 1. The molecule has 0 spiro atoms. The van der Waals surface area contributed by atoms with Gasteiger partial charge in [0.05, 0.1) is 0 Å². The molecule has 0 aromatic heterocycles. The molecule has 0 rings (SSSR count). The second-order valence-corrected chi connectivity index (χ2v) is 2.06. The minimum Gasteiger partial charge on any atom is -0.391 e. The van der Waals surface area contributed by atoms with E-state index in [1.54, 1.807) is 6.92 Å². The van der Waals surface area contributed by atoms with Crippen molar-refractivity contribution in [3.05, 3.63) is 11.3 Å². The molecule has 0 unspecified atom stereocenters. The quantitative estimate of drug-likeness (QED) is 0.562. The van der Waals surface area contributed by atoms with Crippen molar-refractivity contribution in [1.82, 2.24) is 5.32 Å². The van der Waals surface area contributed by atoms with Crippen molar-refractivity contribution in [3.63, 3.8) is 0 Å². The first kappa shape index (κ1) is 8.21. The average molecular weight is 127 g/mol. The molecule has 0 atom stereocenters. The van der Waals surface area contributed by atoms with Gasteiger partial charge in [-0.1, -0.05) is 0 Å². The Morgan fingerprint density at radius 2 is 1.67 bits per heavy atom. The van der Waals surface area contributed by atoms with Crippen LogP contribution < -0.4 is 5.32 Å². The van der Waals surface area contributed by atoms with Crippen LogP contribution in [0.4, 0.5) is 0 Å². The van der Waals surface area contributed by atoms with Gasteiger partial charge in [0.2, 0.25) is 0 Å². The summed E-state index contributed by atoms with van der Waals surface area (Å²) >= 11 is 0. The highest BCUT2D eigenvalue weighted by atomic mass is 16.1. The van der Waals surface area contributed by atoms with Gasteiger partial charge in [0.25, 0.3) is 0 Å². The normalized spacial score (nSPS) is 12.4. The number of ketones is 1. The van der Waals surface area contributed by atoms with E-state index in [1.807, 2.05) is 20.9 Å². The van der Waals surface area contributed by atoms with Crippen molar-refractivity contribution < 1.29 is 4.79 Å². The molecule has 0 amide bonds. The van der Waals surface area contributed by atoms with E-state index in [-0.39, 0.29) is 5.78 Å². The van der Waals surface area contributed by atoms with Gasteiger partial charge in [-0.05, 0) is 20.8 Å². The zero-order valence-corrected chi connectivity index (χ0v) is 6.41. The van der Waals surface area contributed by atoms with E-state index in [0.717, 1.165) is 11.3 Å². The first-order valence-corrected chi connectivity index (χ1v) is 2.95. The molecule has 0 fully saturated rings. The molecular weight excluding hydrogens is 114 g/mol. The molecule has 2 heteroatoms. The van der Waals surface area contributed by atoms with Gasteiger partial charge in [-0.2, -0.15) is 0 Å². The molecule has 0 radical (unpaired) electrons. The molecule has 0 aromatic carbocycles. The number of hydrogen-bond donors (Lipinski definition) is 1. The lowest BCUT2D eigenvalue weighted by Gasteiger charge is -2.01. The van der Waals surface area contributed by atoms with Crippen LogP contribution in [0.15, 0.2) is 11.3 Å². The Labute approximate surface area is 56.0 Å². The number of nitrogens with one attached hydrogen (secondary N) is 1. The first-order valence-electron chi connectivity index (χ1n) is 2.95. The van der Waals surface area contributed by atoms with Crippen molar-refractivity contribution in [2.24, 2.45) is 0 Å². The average Bonchev–Trinajstić information content (AvgIpc) is 1.84. The van der Waals surface area contributed by atoms with Crippen LogP contribution in [0.1, 0.15) is 20.8 Å². The summed E-state index contributed by atoms with van der Waals surface area (Å²) in [6.45, 7) is 5.26. The fourth-order valence-electron chi connectivity index (χ4n) is 0.452. The summed E-state index contributed by atoms with van der Waals surface area (Å²) in [5.74, 6) is 0.127. The summed E-state index contributed by atoms with van der Waals surface area (Å²) in [7, 11) is 1.81. The smallest absolute Gasteiger partial charge is 0.157 e. The fourth-order valence-corrected chi connectivity index (χ4v) is 0.452. The molecule has 0 aliphatic heterocycles. The lowest BCUT2D eigenvalue weighted by Crippen LogP contribution is -2.08. The Bertz CT molecular complexity index is 147. The Hall–Kier alpha value is -0.790. The highest BCUT2D eigenvalue weighted by Crippen LogP contribution is 1.98. The highest BCUT2D eigenvalue weighted by molar-refractivity contribution is 5.93. The third-order valence-corrected chi connectivity index (χ3v) is 1.47. The number of carbonyl (C=O) groups excluding carboxylic acids is 1. The summed E-state index contributed by atoms with van der Waals surface area (Å²) in [6, 6.07) is 0. The topological polar surface area (TPSA) is 29.1 Å². The Kier molecular flexibility index (Phi) is 2.99. The molecule has 0 saturated carbocycles. The van der Waals surface area contributed by atoms with E-state index in [9.17, 15) is 4.79 Å². The third-order valence-electron chi connectivity index (χ3n) is 1.47. The molecule has 0 aromatic rings. The lowest BCUT2D eigenvalue weighted by molar-refractivity contribution is -0.113. The largest absolute Gasteiger partial charge is 0.391 e. The summed E-state index contributed by atoms with van der Waals surface area (Å²) in [5, 5.41) is 2.90. The van der Waals surface area contributed by atoms with E-state index in [4.69, 9.17) is 0 Å². The Morgan fingerprint density at radius 3 is 1.78 bits per heavy atom. The van der Waals surface area contributed by atoms with Gasteiger partial charge < -0.3 is 5.32 Å². The number of carbonyl (C=O) groups is 1. The van der Waals surface area contributed by atoms with Gasteiger partial charge >= 0.3 is 0 Å². The monoisotopic (exact) mass is 127 g/mol. The van der Waals surface area contributed by atoms with Gasteiger partial charge in [-0.25, -0.2) is 0 Å². The number of rotatable bonds is 2. The van der Waals surface area contributed by atoms with E-state index in [0.29, 0.717) is 0 Å². The molecule has 0 bridgehead atoms. The molecule has 0 saturated heterocycles. The predicted molar refractivity (Wildman–Crippen MR) is 38.1 cm³/mol. The SMILES string of the molecule is CNC(C)=C(C)C(C)=O. The molecule has 0 aliphatic rings. The predicted octanol–water partition coefficient (Wildman–Crippen LogP) is 1.09. The summed E-state index contributed by atoms with van der Waals surface area (Å²) in [6.07, 6.45) is 0. The zero-order valence-electron chi connectivity index (χ0n) is 6.41. The molecule has 2 nitrogen and oxygen atoms in total. The van der Waals surface area contributed by atoms with Crippen molar-refractivity contribution in [2.45, 2.75) is 20.8 Å². The lowest BCUT2D eigenvalue weighted by atomic mass is 10.2. The standard InChI is InChI=1S/C7H13NO/c1-5(7(3)9)6(2)8-4/h8H,1-4H3. The van der Waals surface area contributed by atoms with Crippen LogP contribution in [0.2, 0.25) is 0 Å². The highest BCUT2D eigenvalue weighted by Gasteiger charge is 1.98. The van der Waals surface area contributed by atoms with Crippen molar-refractivity contribution >= 4 is 5.78 Å². The maximum absolute atomic E-state index is 10.6. The minimum absolute atomic E-state index is 0.127. The zero-order chi connectivity index (χ0) is 7.44. The maximum Gasteiger partial charge on any atom is 0.157 e. The van der Waals surface area contributed by atoms with E-state index in [2.05, 4.69) is 5.32 Å². The van der Waals surface area contributed by atoms with Gasteiger partial charge in [0.1, 0.15) is 0 Å². The molecule has 52 valence electrons. The van der Waals surface area contributed by atoms with E-state index < -0.39 is 0 Å². The van der Waals surface area contributed by atoms with Crippen LogP contribution in [-0.4, -0.2) is 12.8 Å². The number of hydrogen-bond acceptors (Lipinski definition) is 2. The van der Waals surface area contributed by atoms with Crippen LogP contribution in [0.25, 0.3) is 0 Å². The van der Waals surface area contributed by atoms with E-state index in [1.165, 1.54) is 0 Å². The van der Waals surface area contributed by atoms with Crippen molar-refractivity contribution in [3.8, 4) is 0 Å².